The molecule has 0 radical (unpaired) electrons. The molecule has 0 aromatic heterocycles. The lowest BCUT2D eigenvalue weighted by molar-refractivity contribution is 0.568. The standard InChI is InChI=1S/C8H17N3S/c9-4-2-1-3-5-10-8-11-6-7-12-8/h6-8,10-11H,1-5,9H2. The van der Waals surface area contributed by atoms with Gasteiger partial charge in [0, 0.05) is 6.20 Å². The molecule has 1 atom stereocenters. The van der Waals surface area contributed by atoms with Crippen molar-refractivity contribution in [3.05, 3.63) is 11.6 Å². The van der Waals surface area contributed by atoms with Gasteiger partial charge in [-0.25, -0.2) is 0 Å². The van der Waals surface area contributed by atoms with Gasteiger partial charge in [-0.1, -0.05) is 18.2 Å². The highest BCUT2D eigenvalue weighted by Crippen LogP contribution is 2.12. The Kier molecular flexibility index (Phi) is 5.23. The quantitative estimate of drug-likeness (QED) is 0.538. The fraction of sp³-hybridized carbons (Fsp3) is 0.750. The van der Waals surface area contributed by atoms with Crippen LogP contribution in [0.15, 0.2) is 11.6 Å². The third-order valence-corrected chi connectivity index (χ3v) is 2.61. The van der Waals surface area contributed by atoms with Crippen molar-refractivity contribution in [1.29, 1.82) is 0 Å². The molecule has 0 bridgehead atoms. The molecular weight excluding hydrogens is 170 g/mol. The SMILES string of the molecule is NCCCCCNC1NC=CS1. The summed E-state index contributed by atoms with van der Waals surface area (Å²) in [6.45, 7) is 1.89. The van der Waals surface area contributed by atoms with Crippen molar-refractivity contribution in [3.8, 4) is 0 Å². The molecule has 1 rings (SSSR count). The van der Waals surface area contributed by atoms with E-state index in [2.05, 4.69) is 16.0 Å². The van der Waals surface area contributed by atoms with E-state index in [4.69, 9.17) is 5.73 Å². The maximum absolute atomic E-state index is 5.39. The third kappa shape index (κ3) is 3.99. The summed E-state index contributed by atoms with van der Waals surface area (Å²) in [5, 5.41) is 8.65. The summed E-state index contributed by atoms with van der Waals surface area (Å²) in [6, 6.07) is 0. The molecular formula is C8H17N3S. The minimum Gasteiger partial charge on any atom is -0.367 e. The van der Waals surface area contributed by atoms with Gasteiger partial charge in [0.15, 0.2) is 0 Å². The first-order valence-electron chi connectivity index (χ1n) is 4.43. The molecule has 1 aliphatic rings. The van der Waals surface area contributed by atoms with Gasteiger partial charge in [0.1, 0.15) is 5.50 Å². The molecule has 0 saturated heterocycles. The molecule has 0 aromatic rings. The molecule has 0 saturated carbocycles. The van der Waals surface area contributed by atoms with Crippen molar-refractivity contribution in [2.75, 3.05) is 13.1 Å². The van der Waals surface area contributed by atoms with Crippen LogP contribution in [0, 0.1) is 0 Å². The number of nitrogens with one attached hydrogen (secondary N) is 2. The number of hydrogen-bond donors (Lipinski definition) is 3. The topological polar surface area (TPSA) is 50.1 Å². The first-order chi connectivity index (χ1) is 5.93. The monoisotopic (exact) mass is 187 g/mol. The van der Waals surface area contributed by atoms with E-state index < -0.39 is 0 Å². The predicted octanol–water partition coefficient (Wildman–Crippen LogP) is 0.796. The number of thioether (sulfide) groups is 1. The number of unbranched alkanes of at least 4 members (excludes halogenated alkanes) is 2. The highest BCUT2D eigenvalue weighted by molar-refractivity contribution is 8.02. The first-order valence-corrected chi connectivity index (χ1v) is 5.38. The second-order valence-electron chi connectivity index (χ2n) is 2.79. The van der Waals surface area contributed by atoms with Gasteiger partial charge < -0.3 is 11.1 Å². The van der Waals surface area contributed by atoms with E-state index in [1.54, 1.807) is 11.8 Å². The minimum atomic E-state index is 0.392. The molecule has 0 aromatic carbocycles. The molecule has 4 N–H and O–H groups in total. The predicted molar refractivity (Wildman–Crippen MR) is 54.6 cm³/mol. The molecule has 1 unspecified atom stereocenters. The molecule has 0 aliphatic carbocycles. The fourth-order valence-corrected chi connectivity index (χ4v) is 1.76. The average Bonchev–Trinajstić information content (AvgIpc) is 2.57. The molecule has 1 aliphatic heterocycles. The van der Waals surface area contributed by atoms with Crippen LogP contribution in [0.5, 0.6) is 0 Å². The lowest BCUT2D eigenvalue weighted by Gasteiger charge is -2.11. The average molecular weight is 187 g/mol. The first kappa shape index (κ1) is 9.89. The fourth-order valence-electron chi connectivity index (χ4n) is 1.07. The number of hydrogen-bond acceptors (Lipinski definition) is 4. The van der Waals surface area contributed by atoms with E-state index in [-0.39, 0.29) is 0 Å². The van der Waals surface area contributed by atoms with Gasteiger partial charge in [-0.05, 0) is 31.3 Å². The van der Waals surface area contributed by atoms with Crippen LogP contribution in [-0.2, 0) is 0 Å². The van der Waals surface area contributed by atoms with E-state index in [0.29, 0.717) is 5.50 Å². The molecule has 70 valence electrons. The van der Waals surface area contributed by atoms with Crippen LogP contribution in [0.3, 0.4) is 0 Å². The number of rotatable bonds is 6. The van der Waals surface area contributed by atoms with Crippen LogP contribution < -0.4 is 16.4 Å². The van der Waals surface area contributed by atoms with Crippen molar-refractivity contribution in [2.24, 2.45) is 5.73 Å². The van der Waals surface area contributed by atoms with Crippen LogP contribution in [-0.4, -0.2) is 18.6 Å². The molecule has 3 nitrogen and oxygen atoms in total. The lowest BCUT2D eigenvalue weighted by atomic mass is 10.2. The molecule has 0 amide bonds. The van der Waals surface area contributed by atoms with Crippen molar-refractivity contribution in [2.45, 2.75) is 24.8 Å². The Hall–Kier alpha value is -0.190. The van der Waals surface area contributed by atoms with Crippen molar-refractivity contribution in [3.63, 3.8) is 0 Å². The van der Waals surface area contributed by atoms with E-state index in [9.17, 15) is 0 Å². The van der Waals surface area contributed by atoms with Crippen LogP contribution in [0.2, 0.25) is 0 Å². The van der Waals surface area contributed by atoms with Crippen molar-refractivity contribution in [1.82, 2.24) is 10.6 Å². The highest BCUT2D eigenvalue weighted by atomic mass is 32.2. The van der Waals surface area contributed by atoms with E-state index in [0.717, 1.165) is 19.5 Å². The Morgan fingerprint density at radius 1 is 1.42 bits per heavy atom. The summed E-state index contributed by atoms with van der Waals surface area (Å²) in [7, 11) is 0. The summed E-state index contributed by atoms with van der Waals surface area (Å²) in [4.78, 5) is 0. The van der Waals surface area contributed by atoms with Crippen molar-refractivity contribution >= 4 is 11.8 Å². The normalized spacial score (nSPS) is 21.2. The second-order valence-corrected chi connectivity index (χ2v) is 3.80. The lowest BCUT2D eigenvalue weighted by Crippen LogP contribution is -2.34. The Labute approximate surface area is 78.2 Å². The Morgan fingerprint density at radius 3 is 3.00 bits per heavy atom. The summed E-state index contributed by atoms with van der Waals surface area (Å²) in [5.41, 5.74) is 5.78. The summed E-state index contributed by atoms with van der Waals surface area (Å²) < 4.78 is 0. The van der Waals surface area contributed by atoms with Crippen LogP contribution in [0.25, 0.3) is 0 Å². The maximum atomic E-state index is 5.39. The zero-order valence-corrected chi connectivity index (χ0v) is 8.07. The summed E-state index contributed by atoms with van der Waals surface area (Å²) in [5.74, 6) is 0. The van der Waals surface area contributed by atoms with Gasteiger partial charge >= 0.3 is 0 Å². The highest BCUT2D eigenvalue weighted by Gasteiger charge is 2.06. The molecule has 12 heavy (non-hydrogen) atoms. The van der Waals surface area contributed by atoms with Crippen LogP contribution in [0.1, 0.15) is 19.3 Å². The van der Waals surface area contributed by atoms with Crippen molar-refractivity contribution < 1.29 is 0 Å². The summed E-state index contributed by atoms with van der Waals surface area (Å²) in [6.07, 6.45) is 5.57. The largest absolute Gasteiger partial charge is 0.367 e. The Balaban J connectivity index is 1.82. The van der Waals surface area contributed by atoms with Gasteiger partial charge in [-0.15, -0.1) is 0 Å². The van der Waals surface area contributed by atoms with Crippen LogP contribution in [0.4, 0.5) is 0 Å². The zero-order chi connectivity index (χ0) is 8.65. The Bertz CT molecular complexity index is 130. The van der Waals surface area contributed by atoms with Crippen LogP contribution >= 0.6 is 11.8 Å². The summed E-state index contributed by atoms with van der Waals surface area (Å²) >= 11 is 1.78. The number of nitrogens with two attached hydrogens (primary N) is 1. The second kappa shape index (κ2) is 6.34. The molecule has 1 heterocycles. The third-order valence-electron chi connectivity index (χ3n) is 1.74. The van der Waals surface area contributed by atoms with E-state index in [1.807, 2.05) is 6.20 Å². The van der Waals surface area contributed by atoms with Gasteiger partial charge in [-0.2, -0.15) is 0 Å². The van der Waals surface area contributed by atoms with Gasteiger partial charge in [-0.3, -0.25) is 5.32 Å². The Morgan fingerprint density at radius 2 is 2.33 bits per heavy atom. The van der Waals surface area contributed by atoms with Gasteiger partial charge in [0.25, 0.3) is 0 Å². The molecule has 0 fully saturated rings. The van der Waals surface area contributed by atoms with E-state index in [1.165, 1.54) is 12.8 Å². The zero-order valence-electron chi connectivity index (χ0n) is 7.25. The van der Waals surface area contributed by atoms with E-state index >= 15 is 0 Å². The molecule has 0 spiro atoms. The molecule has 4 heteroatoms. The van der Waals surface area contributed by atoms with Gasteiger partial charge in [0.05, 0.1) is 0 Å². The maximum Gasteiger partial charge on any atom is 0.129 e. The minimum absolute atomic E-state index is 0.392. The smallest absolute Gasteiger partial charge is 0.129 e. The van der Waals surface area contributed by atoms with Gasteiger partial charge in [0.2, 0.25) is 0 Å².